The lowest BCUT2D eigenvalue weighted by molar-refractivity contribution is 0.369. The molecule has 0 fully saturated rings. The number of nitrogens with one attached hydrogen (secondary N) is 1. The van der Waals surface area contributed by atoms with E-state index in [1.165, 1.54) is 11.1 Å². The van der Waals surface area contributed by atoms with E-state index in [9.17, 15) is 0 Å². The average molecular weight is 229 g/mol. The van der Waals surface area contributed by atoms with Crippen molar-refractivity contribution in [3.63, 3.8) is 0 Å². The van der Waals surface area contributed by atoms with Gasteiger partial charge in [0.25, 0.3) is 0 Å². The van der Waals surface area contributed by atoms with Gasteiger partial charge in [0.2, 0.25) is 5.89 Å². The smallest absolute Gasteiger partial charge is 0.227 e. The minimum absolute atomic E-state index is 0.332. The Labute approximate surface area is 100 Å². The van der Waals surface area contributed by atoms with Gasteiger partial charge >= 0.3 is 0 Å². The van der Waals surface area contributed by atoms with Gasteiger partial charge in [-0.25, -0.2) is 0 Å². The zero-order valence-corrected chi connectivity index (χ0v) is 9.81. The third kappa shape index (κ3) is 1.85. The quantitative estimate of drug-likeness (QED) is 0.863. The molecule has 0 amide bonds. The monoisotopic (exact) mass is 229 g/mol. The summed E-state index contributed by atoms with van der Waals surface area (Å²) in [5.74, 6) is 1.88. The van der Waals surface area contributed by atoms with Crippen LogP contribution in [-0.2, 0) is 12.8 Å². The fraction of sp³-hybridized carbons (Fsp3) is 0.385. The molecule has 0 spiro atoms. The molecule has 0 bridgehead atoms. The van der Waals surface area contributed by atoms with E-state index in [1.54, 1.807) is 0 Å². The third-order valence-electron chi connectivity index (χ3n) is 3.24. The van der Waals surface area contributed by atoms with Crippen molar-refractivity contribution in [2.75, 3.05) is 13.6 Å². The highest BCUT2D eigenvalue weighted by Crippen LogP contribution is 2.38. The van der Waals surface area contributed by atoms with Gasteiger partial charge in [-0.15, -0.1) is 0 Å². The normalized spacial score (nSPS) is 17.6. The number of hydrogen-bond acceptors (Lipinski definition) is 4. The molecule has 2 aromatic rings. The van der Waals surface area contributed by atoms with Gasteiger partial charge in [-0.1, -0.05) is 29.4 Å². The first-order valence-electron chi connectivity index (χ1n) is 5.93. The zero-order chi connectivity index (χ0) is 11.7. The summed E-state index contributed by atoms with van der Waals surface area (Å²) in [6.45, 7) is 0.864. The van der Waals surface area contributed by atoms with Crippen molar-refractivity contribution in [1.29, 1.82) is 0 Å². The Morgan fingerprint density at radius 3 is 3.12 bits per heavy atom. The molecule has 0 saturated carbocycles. The van der Waals surface area contributed by atoms with Crippen LogP contribution in [0.3, 0.4) is 0 Å². The largest absolute Gasteiger partial charge is 0.339 e. The molecule has 4 nitrogen and oxygen atoms in total. The van der Waals surface area contributed by atoms with Crippen molar-refractivity contribution in [3.8, 4) is 0 Å². The lowest BCUT2D eigenvalue weighted by atomic mass is 9.77. The lowest BCUT2D eigenvalue weighted by Crippen LogP contribution is -2.19. The van der Waals surface area contributed by atoms with Crippen LogP contribution in [0.1, 0.15) is 28.8 Å². The van der Waals surface area contributed by atoms with E-state index in [0.717, 1.165) is 31.1 Å². The topological polar surface area (TPSA) is 51.0 Å². The molecule has 0 radical (unpaired) electrons. The molecule has 3 rings (SSSR count). The average Bonchev–Trinajstić information content (AvgIpc) is 2.76. The Balaban J connectivity index is 1.76. The summed E-state index contributed by atoms with van der Waals surface area (Å²) in [5, 5.41) is 7.15. The van der Waals surface area contributed by atoms with Crippen LogP contribution in [0.2, 0.25) is 0 Å². The SMILES string of the molecule is CNCCc1nc(C2Cc3ccccc32)no1. The van der Waals surface area contributed by atoms with Crippen LogP contribution >= 0.6 is 0 Å². The summed E-state index contributed by atoms with van der Waals surface area (Å²) >= 11 is 0. The van der Waals surface area contributed by atoms with Gasteiger partial charge in [-0.05, 0) is 24.6 Å². The predicted molar refractivity (Wildman–Crippen MR) is 63.9 cm³/mol. The first kappa shape index (κ1) is 10.5. The van der Waals surface area contributed by atoms with Gasteiger partial charge in [0, 0.05) is 13.0 Å². The van der Waals surface area contributed by atoms with Gasteiger partial charge in [-0.2, -0.15) is 4.98 Å². The molecule has 17 heavy (non-hydrogen) atoms. The Bertz CT molecular complexity index is 521. The summed E-state index contributed by atoms with van der Waals surface area (Å²) in [4.78, 5) is 4.45. The number of likely N-dealkylation sites (N-methyl/N-ethyl adjacent to an activating group) is 1. The van der Waals surface area contributed by atoms with Crippen molar-refractivity contribution >= 4 is 0 Å². The van der Waals surface area contributed by atoms with Crippen LogP contribution in [0, 0.1) is 0 Å². The molecule has 1 N–H and O–H groups in total. The minimum Gasteiger partial charge on any atom is -0.339 e. The van der Waals surface area contributed by atoms with Crippen LogP contribution in [0.15, 0.2) is 28.8 Å². The number of benzene rings is 1. The van der Waals surface area contributed by atoms with E-state index in [2.05, 4.69) is 39.7 Å². The van der Waals surface area contributed by atoms with Crippen molar-refractivity contribution in [3.05, 3.63) is 47.1 Å². The molecule has 1 atom stereocenters. The molecule has 4 heteroatoms. The van der Waals surface area contributed by atoms with Gasteiger partial charge in [-0.3, -0.25) is 0 Å². The van der Waals surface area contributed by atoms with Crippen molar-refractivity contribution < 1.29 is 4.52 Å². The van der Waals surface area contributed by atoms with E-state index < -0.39 is 0 Å². The van der Waals surface area contributed by atoms with Gasteiger partial charge in [0.1, 0.15) is 0 Å². The molecule has 0 saturated heterocycles. The second-order valence-corrected chi connectivity index (χ2v) is 4.36. The van der Waals surface area contributed by atoms with Crippen LogP contribution in [0.4, 0.5) is 0 Å². The summed E-state index contributed by atoms with van der Waals surface area (Å²) in [5.41, 5.74) is 2.74. The van der Waals surface area contributed by atoms with Crippen LogP contribution in [0.5, 0.6) is 0 Å². The Hall–Kier alpha value is -1.68. The van der Waals surface area contributed by atoms with Gasteiger partial charge < -0.3 is 9.84 Å². The van der Waals surface area contributed by atoms with Crippen LogP contribution in [0.25, 0.3) is 0 Å². The van der Waals surface area contributed by atoms with Crippen LogP contribution in [-0.4, -0.2) is 23.7 Å². The highest BCUT2D eigenvalue weighted by Gasteiger charge is 2.30. The maximum absolute atomic E-state index is 5.24. The van der Waals surface area contributed by atoms with E-state index in [1.807, 2.05) is 7.05 Å². The molecule has 88 valence electrons. The van der Waals surface area contributed by atoms with Gasteiger partial charge in [0.05, 0.1) is 5.92 Å². The first-order chi connectivity index (χ1) is 8.38. The van der Waals surface area contributed by atoms with Gasteiger partial charge in [0.15, 0.2) is 5.82 Å². The molecule has 1 aliphatic carbocycles. The van der Waals surface area contributed by atoms with E-state index in [0.29, 0.717) is 5.92 Å². The lowest BCUT2D eigenvalue weighted by Gasteiger charge is -2.27. The second-order valence-electron chi connectivity index (χ2n) is 4.36. The third-order valence-corrected chi connectivity index (χ3v) is 3.24. The van der Waals surface area contributed by atoms with Crippen molar-refractivity contribution in [2.45, 2.75) is 18.8 Å². The number of fused-ring (bicyclic) bond motifs is 1. The maximum Gasteiger partial charge on any atom is 0.227 e. The van der Waals surface area contributed by atoms with E-state index in [-0.39, 0.29) is 0 Å². The maximum atomic E-state index is 5.24. The Kier molecular flexibility index (Phi) is 2.65. The number of aromatic nitrogens is 2. The molecular formula is C13H15N3O. The molecular weight excluding hydrogens is 214 g/mol. The van der Waals surface area contributed by atoms with Crippen molar-refractivity contribution in [2.24, 2.45) is 0 Å². The second kappa shape index (κ2) is 4.30. The molecule has 1 heterocycles. The highest BCUT2D eigenvalue weighted by molar-refractivity contribution is 5.43. The minimum atomic E-state index is 0.332. The Morgan fingerprint density at radius 1 is 1.41 bits per heavy atom. The fourth-order valence-corrected chi connectivity index (χ4v) is 2.23. The first-order valence-corrected chi connectivity index (χ1v) is 5.93. The summed E-state index contributed by atoms with van der Waals surface area (Å²) in [6.07, 6.45) is 1.82. The molecule has 1 aliphatic rings. The van der Waals surface area contributed by atoms with Crippen LogP contribution < -0.4 is 5.32 Å². The number of rotatable bonds is 4. The van der Waals surface area contributed by atoms with Crippen molar-refractivity contribution in [1.82, 2.24) is 15.5 Å². The molecule has 1 unspecified atom stereocenters. The predicted octanol–water partition coefficient (Wildman–Crippen LogP) is 1.52. The molecule has 1 aromatic carbocycles. The summed E-state index contributed by atoms with van der Waals surface area (Å²) in [6, 6.07) is 8.44. The summed E-state index contributed by atoms with van der Waals surface area (Å²) in [7, 11) is 1.92. The molecule has 0 aliphatic heterocycles. The standard InChI is InChI=1S/C13H15N3O/c1-14-7-6-12-15-13(16-17-12)11-8-9-4-2-3-5-10(9)11/h2-5,11,14H,6-8H2,1H3. The van der Waals surface area contributed by atoms with E-state index >= 15 is 0 Å². The number of nitrogens with zero attached hydrogens (tertiary/aromatic N) is 2. The summed E-state index contributed by atoms with van der Waals surface area (Å²) < 4.78 is 5.24. The Morgan fingerprint density at radius 2 is 2.29 bits per heavy atom. The molecule has 1 aromatic heterocycles. The van der Waals surface area contributed by atoms with E-state index in [4.69, 9.17) is 4.52 Å². The zero-order valence-electron chi connectivity index (χ0n) is 9.81. The number of hydrogen-bond donors (Lipinski definition) is 1. The highest BCUT2D eigenvalue weighted by atomic mass is 16.5. The fourth-order valence-electron chi connectivity index (χ4n) is 2.23.